The third kappa shape index (κ3) is 2.85. The predicted octanol–water partition coefficient (Wildman–Crippen LogP) is -0.328. The number of nitrogens with one attached hydrogen (secondary N) is 4. The van der Waals surface area contributed by atoms with E-state index in [1.807, 2.05) is 23.4 Å². The Bertz CT molecular complexity index is 602. The zero-order valence-electron chi connectivity index (χ0n) is 13.0. The molecule has 122 valence electrons. The van der Waals surface area contributed by atoms with Crippen molar-refractivity contribution in [2.24, 2.45) is 0 Å². The molecule has 0 spiro atoms. The molecule has 0 aromatic heterocycles. The summed E-state index contributed by atoms with van der Waals surface area (Å²) in [5, 5.41) is 11.2. The lowest BCUT2D eigenvalue weighted by atomic mass is 10.2. The molecule has 4 heterocycles. The van der Waals surface area contributed by atoms with Crippen molar-refractivity contribution in [3.8, 4) is 0 Å². The van der Waals surface area contributed by atoms with E-state index in [0.29, 0.717) is 12.2 Å². The minimum absolute atomic E-state index is 0.00652. The number of hydrazine groups is 1. The van der Waals surface area contributed by atoms with Gasteiger partial charge < -0.3 is 16.0 Å². The summed E-state index contributed by atoms with van der Waals surface area (Å²) in [6.45, 7) is 2.84. The molecule has 0 radical (unpaired) electrons. The summed E-state index contributed by atoms with van der Waals surface area (Å²) >= 11 is 0. The van der Waals surface area contributed by atoms with Crippen LogP contribution >= 0.6 is 0 Å². The molecule has 1 amide bonds. The summed E-state index contributed by atoms with van der Waals surface area (Å²) in [5.41, 5.74) is 4.93. The van der Waals surface area contributed by atoms with Gasteiger partial charge in [-0.2, -0.15) is 0 Å². The number of rotatable bonds is 3. The van der Waals surface area contributed by atoms with Crippen molar-refractivity contribution in [2.75, 3.05) is 19.6 Å². The molecule has 4 aliphatic heterocycles. The molecule has 0 aromatic rings. The molecule has 2 atom stereocenters. The average molecular weight is 314 g/mol. The monoisotopic (exact) mass is 314 g/mol. The van der Waals surface area contributed by atoms with Gasteiger partial charge in [-0.15, -0.1) is 0 Å². The molecule has 7 nitrogen and oxygen atoms in total. The van der Waals surface area contributed by atoms with Crippen LogP contribution in [0.4, 0.5) is 0 Å². The minimum Gasteiger partial charge on any atom is -0.385 e. The standard InChI is InChI=1S/C16H22N6O/c23-16(19-12-4-3-7-17-10-12)13-11-18-14-5-6-15(20-22(13)14)21-8-1-2-9-21/h3-7,11,14-15,17-18,20H,1-2,8-10H2,(H,19,23). The molecule has 0 saturated carbocycles. The first-order valence-electron chi connectivity index (χ1n) is 8.16. The van der Waals surface area contributed by atoms with Crippen molar-refractivity contribution in [2.45, 2.75) is 25.2 Å². The number of hydrogen-bond acceptors (Lipinski definition) is 6. The summed E-state index contributed by atoms with van der Waals surface area (Å²) in [7, 11) is 0. The number of carbonyl (C=O) groups excluding carboxylic acids is 1. The van der Waals surface area contributed by atoms with Crippen molar-refractivity contribution < 1.29 is 4.79 Å². The molecule has 4 rings (SSSR count). The fourth-order valence-electron chi connectivity index (χ4n) is 3.30. The molecule has 0 bridgehead atoms. The van der Waals surface area contributed by atoms with Gasteiger partial charge in [0.1, 0.15) is 11.9 Å². The number of fused-ring (bicyclic) bond motifs is 1. The van der Waals surface area contributed by atoms with Gasteiger partial charge in [0.05, 0.1) is 12.7 Å². The Morgan fingerprint density at radius 3 is 2.83 bits per heavy atom. The molecule has 0 aliphatic carbocycles. The van der Waals surface area contributed by atoms with Crippen LogP contribution < -0.4 is 21.4 Å². The molecule has 1 saturated heterocycles. The molecule has 1 fully saturated rings. The Labute approximate surface area is 135 Å². The van der Waals surface area contributed by atoms with Gasteiger partial charge in [-0.3, -0.25) is 14.7 Å². The van der Waals surface area contributed by atoms with E-state index < -0.39 is 0 Å². The van der Waals surface area contributed by atoms with Crippen LogP contribution in [-0.4, -0.2) is 47.8 Å². The molecule has 23 heavy (non-hydrogen) atoms. The van der Waals surface area contributed by atoms with Crippen molar-refractivity contribution >= 4 is 5.91 Å². The Morgan fingerprint density at radius 2 is 2.04 bits per heavy atom. The second kappa shape index (κ2) is 6.10. The number of amides is 1. The lowest BCUT2D eigenvalue weighted by molar-refractivity contribution is -0.119. The van der Waals surface area contributed by atoms with Crippen LogP contribution in [0.3, 0.4) is 0 Å². The summed E-state index contributed by atoms with van der Waals surface area (Å²) < 4.78 is 0. The zero-order valence-corrected chi connectivity index (χ0v) is 13.0. The summed E-state index contributed by atoms with van der Waals surface area (Å²) in [5.74, 6) is -0.105. The number of dihydropyridines is 1. The van der Waals surface area contributed by atoms with Gasteiger partial charge in [-0.05, 0) is 37.3 Å². The maximum Gasteiger partial charge on any atom is 0.274 e. The molecule has 7 heteroatoms. The Kier molecular flexibility index (Phi) is 3.80. The van der Waals surface area contributed by atoms with E-state index in [1.165, 1.54) is 12.8 Å². The Balaban J connectivity index is 1.43. The van der Waals surface area contributed by atoms with Crippen LogP contribution in [0, 0.1) is 0 Å². The van der Waals surface area contributed by atoms with Gasteiger partial charge in [-0.25, -0.2) is 5.43 Å². The molecular weight excluding hydrogens is 292 g/mol. The lowest BCUT2D eigenvalue weighted by Crippen LogP contribution is -2.58. The van der Waals surface area contributed by atoms with E-state index in [0.717, 1.165) is 18.8 Å². The molecular formula is C16H22N6O. The molecule has 4 aliphatic rings. The van der Waals surface area contributed by atoms with Crippen LogP contribution in [0.25, 0.3) is 0 Å². The fourth-order valence-corrected chi connectivity index (χ4v) is 3.30. The quantitative estimate of drug-likeness (QED) is 0.535. The lowest BCUT2D eigenvalue weighted by Gasteiger charge is -2.38. The normalized spacial score (nSPS) is 29.5. The zero-order chi connectivity index (χ0) is 15.6. The molecule has 4 N–H and O–H groups in total. The van der Waals surface area contributed by atoms with Crippen molar-refractivity contribution in [1.82, 2.24) is 31.3 Å². The fraction of sp³-hybridized carbons (Fsp3) is 0.438. The van der Waals surface area contributed by atoms with Gasteiger partial charge in [0.15, 0.2) is 0 Å². The third-order valence-corrected chi connectivity index (χ3v) is 4.52. The number of nitrogens with zero attached hydrogens (tertiary/aromatic N) is 2. The highest BCUT2D eigenvalue weighted by atomic mass is 16.2. The van der Waals surface area contributed by atoms with E-state index in [1.54, 1.807) is 6.20 Å². The SMILES string of the molecule is O=C(NC1=CC=CNC1)C1=CNC2C=CC(N3CCCC3)NN12. The average Bonchev–Trinajstić information content (AvgIpc) is 3.25. The van der Waals surface area contributed by atoms with Gasteiger partial charge >= 0.3 is 0 Å². The highest BCUT2D eigenvalue weighted by molar-refractivity contribution is 5.94. The topological polar surface area (TPSA) is 71.7 Å². The van der Waals surface area contributed by atoms with Crippen LogP contribution in [0.5, 0.6) is 0 Å². The second-order valence-electron chi connectivity index (χ2n) is 6.10. The number of hydrogen-bond donors (Lipinski definition) is 4. The smallest absolute Gasteiger partial charge is 0.274 e. The highest BCUT2D eigenvalue weighted by Crippen LogP contribution is 2.21. The van der Waals surface area contributed by atoms with Crippen molar-refractivity contribution in [3.63, 3.8) is 0 Å². The van der Waals surface area contributed by atoms with E-state index in [-0.39, 0.29) is 18.2 Å². The first-order chi connectivity index (χ1) is 11.3. The van der Waals surface area contributed by atoms with E-state index in [4.69, 9.17) is 0 Å². The van der Waals surface area contributed by atoms with Gasteiger partial charge in [0.25, 0.3) is 5.91 Å². The Hall–Kier alpha value is -2.25. The van der Waals surface area contributed by atoms with Crippen molar-refractivity contribution in [1.29, 1.82) is 0 Å². The molecule has 0 aromatic carbocycles. The van der Waals surface area contributed by atoms with Crippen LogP contribution in [0.1, 0.15) is 12.8 Å². The predicted molar refractivity (Wildman–Crippen MR) is 87.1 cm³/mol. The summed E-state index contributed by atoms with van der Waals surface area (Å²) in [4.78, 5) is 15.0. The first-order valence-corrected chi connectivity index (χ1v) is 8.16. The Morgan fingerprint density at radius 1 is 1.22 bits per heavy atom. The summed E-state index contributed by atoms with van der Waals surface area (Å²) in [6, 6.07) is 0. The highest BCUT2D eigenvalue weighted by Gasteiger charge is 2.34. The van der Waals surface area contributed by atoms with Crippen LogP contribution in [0.15, 0.2) is 48.1 Å². The molecule has 2 unspecified atom stereocenters. The second-order valence-corrected chi connectivity index (χ2v) is 6.10. The van der Waals surface area contributed by atoms with Gasteiger partial charge in [0, 0.05) is 25.0 Å². The van der Waals surface area contributed by atoms with Crippen LogP contribution in [-0.2, 0) is 4.79 Å². The maximum absolute atomic E-state index is 12.6. The number of likely N-dealkylation sites (tertiary alicyclic amines) is 1. The number of carbonyl (C=O) groups is 1. The largest absolute Gasteiger partial charge is 0.385 e. The maximum atomic E-state index is 12.6. The minimum atomic E-state index is -0.105. The number of allylic oxidation sites excluding steroid dienone is 2. The third-order valence-electron chi connectivity index (χ3n) is 4.52. The van der Waals surface area contributed by atoms with E-state index in [9.17, 15) is 4.79 Å². The van der Waals surface area contributed by atoms with Crippen LogP contribution in [0.2, 0.25) is 0 Å². The van der Waals surface area contributed by atoms with Gasteiger partial charge in [-0.1, -0.05) is 6.08 Å². The van der Waals surface area contributed by atoms with E-state index >= 15 is 0 Å². The summed E-state index contributed by atoms with van der Waals surface area (Å²) in [6.07, 6.45) is 14.3. The van der Waals surface area contributed by atoms with Crippen molar-refractivity contribution in [3.05, 3.63) is 48.1 Å². The van der Waals surface area contributed by atoms with Gasteiger partial charge in [0.2, 0.25) is 0 Å². The van der Waals surface area contributed by atoms with E-state index in [2.05, 4.69) is 38.4 Å². The first kappa shape index (κ1) is 14.3.